The molecule has 0 spiro atoms. The minimum atomic E-state index is -0.386. The van der Waals surface area contributed by atoms with Crippen molar-refractivity contribution >= 4 is 46.3 Å². The normalized spacial score (nSPS) is 14.6. The summed E-state index contributed by atoms with van der Waals surface area (Å²) in [6.07, 6.45) is 1.69. The standard InChI is InChI=1S/C26H22N2O4S/c1-17-6-8-19(9-7-17)16-32-23-5-3-4-20(14-23)15-24-25(30)28(26(31)33-24)22-12-10-21(11-13-22)27-18(2)29/h3-15H,16H2,1-2H3,(H,27,29)/b24-15-. The number of carbonyl (C=O) groups is 3. The van der Waals surface area contributed by atoms with Crippen molar-refractivity contribution in [2.45, 2.75) is 20.5 Å². The fourth-order valence-corrected chi connectivity index (χ4v) is 4.13. The molecule has 1 fully saturated rings. The van der Waals surface area contributed by atoms with Crippen LogP contribution in [0.25, 0.3) is 6.08 Å². The Balaban J connectivity index is 1.47. The molecule has 1 aliphatic rings. The fraction of sp³-hybridized carbons (Fsp3) is 0.115. The molecule has 3 amide bonds. The number of rotatable bonds is 6. The summed E-state index contributed by atoms with van der Waals surface area (Å²) in [5.74, 6) is 0.0993. The monoisotopic (exact) mass is 458 g/mol. The third kappa shape index (κ3) is 5.51. The molecular weight excluding hydrogens is 436 g/mol. The summed E-state index contributed by atoms with van der Waals surface area (Å²) >= 11 is 0.892. The second-order valence-electron chi connectivity index (χ2n) is 7.59. The van der Waals surface area contributed by atoms with Gasteiger partial charge in [0, 0.05) is 12.6 Å². The Kier molecular flexibility index (Phi) is 6.60. The zero-order chi connectivity index (χ0) is 23.4. The van der Waals surface area contributed by atoms with Crippen molar-refractivity contribution in [3.8, 4) is 5.75 Å². The maximum absolute atomic E-state index is 12.9. The van der Waals surface area contributed by atoms with E-state index in [0.717, 1.165) is 27.8 Å². The van der Waals surface area contributed by atoms with Crippen molar-refractivity contribution in [3.05, 3.63) is 94.4 Å². The summed E-state index contributed by atoms with van der Waals surface area (Å²) in [7, 11) is 0. The van der Waals surface area contributed by atoms with E-state index >= 15 is 0 Å². The second kappa shape index (κ2) is 9.75. The summed E-state index contributed by atoms with van der Waals surface area (Å²) in [6, 6.07) is 22.1. The third-order valence-electron chi connectivity index (χ3n) is 4.92. The van der Waals surface area contributed by atoms with Gasteiger partial charge >= 0.3 is 0 Å². The number of anilines is 2. The van der Waals surface area contributed by atoms with Crippen LogP contribution in [0.5, 0.6) is 5.75 Å². The molecule has 166 valence electrons. The lowest BCUT2D eigenvalue weighted by molar-refractivity contribution is -0.114. The maximum atomic E-state index is 12.9. The Morgan fingerprint density at radius 1 is 1.03 bits per heavy atom. The average Bonchev–Trinajstić information content (AvgIpc) is 3.06. The SMILES string of the molecule is CC(=O)Nc1ccc(N2C(=O)S/C(=C\c3cccc(OCc4ccc(C)cc4)c3)C2=O)cc1. The Bertz CT molecular complexity index is 1230. The van der Waals surface area contributed by atoms with Gasteiger partial charge in [0.2, 0.25) is 5.91 Å². The van der Waals surface area contributed by atoms with Gasteiger partial charge in [0.05, 0.1) is 10.6 Å². The average molecular weight is 459 g/mol. The smallest absolute Gasteiger partial charge is 0.298 e. The van der Waals surface area contributed by atoms with Gasteiger partial charge in [-0.05, 0) is 72.3 Å². The van der Waals surface area contributed by atoms with E-state index in [1.54, 1.807) is 30.3 Å². The zero-order valence-electron chi connectivity index (χ0n) is 18.2. The number of thioether (sulfide) groups is 1. The van der Waals surface area contributed by atoms with Crippen molar-refractivity contribution in [2.24, 2.45) is 0 Å². The Hall–Kier alpha value is -3.84. The highest BCUT2D eigenvalue weighted by molar-refractivity contribution is 8.19. The van der Waals surface area contributed by atoms with Crippen LogP contribution in [-0.4, -0.2) is 17.1 Å². The molecule has 1 heterocycles. The molecule has 7 heteroatoms. The van der Waals surface area contributed by atoms with Crippen LogP contribution >= 0.6 is 11.8 Å². The van der Waals surface area contributed by atoms with E-state index in [9.17, 15) is 14.4 Å². The number of nitrogens with one attached hydrogen (secondary N) is 1. The zero-order valence-corrected chi connectivity index (χ0v) is 19.0. The Morgan fingerprint density at radius 2 is 1.76 bits per heavy atom. The van der Waals surface area contributed by atoms with Crippen molar-refractivity contribution in [1.29, 1.82) is 0 Å². The topological polar surface area (TPSA) is 75.7 Å². The minimum absolute atomic E-state index is 0.193. The van der Waals surface area contributed by atoms with Crippen LogP contribution in [0.15, 0.2) is 77.7 Å². The van der Waals surface area contributed by atoms with Crippen LogP contribution in [-0.2, 0) is 16.2 Å². The molecule has 1 aliphatic heterocycles. The lowest BCUT2D eigenvalue weighted by atomic mass is 10.1. The van der Waals surface area contributed by atoms with Crippen molar-refractivity contribution < 1.29 is 19.1 Å². The molecule has 0 aromatic heterocycles. The molecule has 33 heavy (non-hydrogen) atoms. The number of aryl methyl sites for hydroxylation is 1. The van der Waals surface area contributed by atoms with Gasteiger partial charge in [0.15, 0.2) is 0 Å². The molecule has 3 aromatic rings. The first-order valence-electron chi connectivity index (χ1n) is 10.3. The first kappa shape index (κ1) is 22.4. The van der Waals surface area contributed by atoms with E-state index in [-0.39, 0.29) is 17.1 Å². The first-order chi connectivity index (χ1) is 15.9. The quantitative estimate of drug-likeness (QED) is 0.475. The number of ether oxygens (including phenoxy) is 1. The van der Waals surface area contributed by atoms with Crippen molar-refractivity contribution in [1.82, 2.24) is 0 Å². The summed E-state index contributed by atoms with van der Waals surface area (Å²) in [6.45, 7) is 3.89. The minimum Gasteiger partial charge on any atom is -0.489 e. The summed E-state index contributed by atoms with van der Waals surface area (Å²) < 4.78 is 5.89. The number of carbonyl (C=O) groups excluding carboxylic acids is 3. The van der Waals surface area contributed by atoms with E-state index in [2.05, 4.69) is 5.32 Å². The maximum Gasteiger partial charge on any atom is 0.298 e. The van der Waals surface area contributed by atoms with Crippen LogP contribution in [0.2, 0.25) is 0 Å². The van der Waals surface area contributed by atoms with Gasteiger partial charge in [-0.25, -0.2) is 4.90 Å². The van der Waals surface area contributed by atoms with E-state index in [1.165, 1.54) is 12.5 Å². The van der Waals surface area contributed by atoms with Crippen LogP contribution < -0.4 is 15.0 Å². The predicted octanol–water partition coefficient (Wildman–Crippen LogP) is 5.77. The molecule has 0 atom stereocenters. The Labute approximate surface area is 196 Å². The highest BCUT2D eigenvalue weighted by Crippen LogP contribution is 2.36. The molecule has 1 saturated heterocycles. The number of amides is 3. The lowest BCUT2D eigenvalue weighted by Crippen LogP contribution is -2.27. The molecule has 0 unspecified atom stereocenters. The highest BCUT2D eigenvalue weighted by Gasteiger charge is 2.36. The summed E-state index contributed by atoms with van der Waals surface area (Å²) in [5, 5.41) is 2.29. The number of hydrogen-bond acceptors (Lipinski definition) is 5. The number of imide groups is 1. The van der Waals surface area contributed by atoms with E-state index in [1.807, 2.05) is 55.5 Å². The van der Waals surface area contributed by atoms with Crippen LogP contribution in [0.1, 0.15) is 23.6 Å². The third-order valence-corrected chi connectivity index (χ3v) is 5.79. The van der Waals surface area contributed by atoms with Crippen molar-refractivity contribution in [2.75, 3.05) is 10.2 Å². The highest BCUT2D eigenvalue weighted by atomic mass is 32.2. The van der Waals surface area contributed by atoms with E-state index < -0.39 is 0 Å². The summed E-state index contributed by atoms with van der Waals surface area (Å²) in [4.78, 5) is 38.1. The molecule has 0 radical (unpaired) electrons. The molecule has 3 aromatic carbocycles. The lowest BCUT2D eigenvalue weighted by Gasteiger charge is -2.13. The molecule has 1 N–H and O–H groups in total. The number of nitrogens with zero attached hydrogens (tertiary/aromatic N) is 1. The van der Waals surface area contributed by atoms with Gasteiger partial charge < -0.3 is 10.1 Å². The van der Waals surface area contributed by atoms with E-state index in [0.29, 0.717) is 28.6 Å². The largest absolute Gasteiger partial charge is 0.489 e. The van der Waals surface area contributed by atoms with Gasteiger partial charge in [-0.3, -0.25) is 14.4 Å². The van der Waals surface area contributed by atoms with Crippen molar-refractivity contribution in [3.63, 3.8) is 0 Å². The molecule has 4 rings (SSSR count). The molecular formula is C26H22N2O4S. The first-order valence-corrected chi connectivity index (χ1v) is 11.1. The predicted molar refractivity (Wildman–Crippen MR) is 131 cm³/mol. The van der Waals surface area contributed by atoms with Crippen LogP contribution in [0, 0.1) is 6.92 Å². The van der Waals surface area contributed by atoms with Gasteiger partial charge in [-0.15, -0.1) is 0 Å². The summed E-state index contributed by atoms with van der Waals surface area (Å²) in [5.41, 5.74) is 4.07. The molecule has 0 bridgehead atoms. The molecule has 0 saturated carbocycles. The van der Waals surface area contributed by atoms with Gasteiger partial charge in [0.1, 0.15) is 12.4 Å². The molecule has 0 aliphatic carbocycles. The van der Waals surface area contributed by atoms with Gasteiger partial charge in [-0.2, -0.15) is 0 Å². The fourth-order valence-electron chi connectivity index (χ4n) is 3.28. The number of hydrogen-bond donors (Lipinski definition) is 1. The Morgan fingerprint density at radius 3 is 2.45 bits per heavy atom. The van der Waals surface area contributed by atoms with Crippen LogP contribution in [0.3, 0.4) is 0 Å². The van der Waals surface area contributed by atoms with Crippen LogP contribution in [0.4, 0.5) is 16.2 Å². The van der Waals surface area contributed by atoms with Gasteiger partial charge in [-0.1, -0.05) is 42.0 Å². The van der Waals surface area contributed by atoms with Gasteiger partial charge in [0.25, 0.3) is 11.1 Å². The van der Waals surface area contributed by atoms with E-state index in [4.69, 9.17) is 4.74 Å². The number of benzene rings is 3. The molecule has 6 nitrogen and oxygen atoms in total. The second-order valence-corrected chi connectivity index (χ2v) is 8.59.